The van der Waals surface area contributed by atoms with Gasteiger partial charge in [-0.2, -0.15) is 13.2 Å². The molecule has 2 heterocycles. The second-order valence-corrected chi connectivity index (χ2v) is 9.68. The lowest BCUT2D eigenvalue weighted by Gasteiger charge is -2.30. The molecule has 2 saturated heterocycles. The summed E-state index contributed by atoms with van der Waals surface area (Å²) in [5.41, 5.74) is 2.61. The number of nitrogens with zero attached hydrogens (tertiary/aromatic N) is 2. The fraction of sp³-hybridized carbons (Fsp3) is 0.667. The van der Waals surface area contributed by atoms with Crippen molar-refractivity contribution in [3.63, 3.8) is 0 Å². The van der Waals surface area contributed by atoms with Crippen molar-refractivity contribution in [2.45, 2.75) is 38.8 Å². The highest BCUT2D eigenvalue weighted by atomic mass is 19.4. The minimum absolute atomic E-state index is 0.244. The number of hydrogen-bond donors (Lipinski definition) is 1. The van der Waals surface area contributed by atoms with Gasteiger partial charge in [-0.3, -0.25) is 4.79 Å². The molecule has 1 aliphatic carbocycles. The molecule has 1 spiro atoms. The van der Waals surface area contributed by atoms with Gasteiger partial charge in [-0.1, -0.05) is 29.8 Å². The van der Waals surface area contributed by atoms with Gasteiger partial charge in [-0.05, 0) is 37.7 Å². The third-order valence-electron chi connectivity index (χ3n) is 6.92. The van der Waals surface area contributed by atoms with Crippen LogP contribution in [0.1, 0.15) is 30.4 Å². The number of alkyl halides is 3. The predicted octanol–water partition coefficient (Wildman–Crippen LogP) is 3.38. The molecule has 0 unspecified atom stereocenters. The van der Waals surface area contributed by atoms with Crippen LogP contribution in [0.3, 0.4) is 0 Å². The summed E-state index contributed by atoms with van der Waals surface area (Å²) >= 11 is 0. The van der Waals surface area contributed by atoms with Gasteiger partial charge in [0, 0.05) is 51.2 Å². The Bertz CT molecular complexity index is 826. The number of aryl methyl sites for hydroxylation is 1. The highest BCUT2D eigenvalue weighted by molar-refractivity contribution is 5.79. The predicted molar refractivity (Wildman–Crippen MR) is 117 cm³/mol. The molecule has 3 aliphatic rings. The number of benzene rings is 1. The number of amides is 1. The summed E-state index contributed by atoms with van der Waals surface area (Å²) in [7, 11) is 1.81. The molecule has 2 atom stereocenters. The van der Waals surface area contributed by atoms with Gasteiger partial charge >= 0.3 is 12.1 Å². The number of rotatable bonds is 6. The zero-order chi connectivity index (χ0) is 24.2. The molecule has 4 rings (SSSR count). The largest absolute Gasteiger partial charge is 0.490 e. The fourth-order valence-electron chi connectivity index (χ4n) is 4.94. The molecule has 2 aliphatic heterocycles. The Morgan fingerprint density at radius 1 is 1.18 bits per heavy atom. The zero-order valence-electron chi connectivity index (χ0n) is 19.2. The summed E-state index contributed by atoms with van der Waals surface area (Å²) in [6.07, 6.45) is -0.627. The molecule has 184 valence electrons. The number of carboxylic acids is 1. The van der Waals surface area contributed by atoms with E-state index in [1.807, 2.05) is 7.11 Å². The summed E-state index contributed by atoms with van der Waals surface area (Å²) in [5.74, 6) is -0.993. The van der Waals surface area contributed by atoms with Crippen molar-refractivity contribution < 1.29 is 32.6 Å². The molecule has 33 heavy (non-hydrogen) atoms. The number of hydrogen-bond acceptors (Lipinski definition) is 4. The molecule has 1 aromatic carbocycles. The first-order valence-corrected chi connectivity index (χ1v) is 11.4. The van der Waals surface area contributed by atoms with Crippen LogP contribution in [0.4, 0.5) is 13.2 Å². The van der Waals surface area contributed by atoms with Gasteiger partial charge in [0.2, 0.25) is 5.91 Å². The average molecular weight is 471 g/mol. The maximum absolute atomic E-state index is 12.9. The maximum Gasteiger partial charge on any atom is 0.490 e. The third kappa shape index (κ3) is 6.93. The fourth-order valence-corrected chi connectivity index (χ4v) is 4.94. The second kappa shape index (κ2) is 10.4. The molecule has 0 aromatic heterocycles. The molecule has 6 nitrogen and oxygen atoms in total. The number of ether oxygens (including phenoxy) is 1. The monoisotopic (exact) mass is 470 g/mol. The Kier molecular flexibility index (Phi) is 8.05. The molecule has 9 heteroatoms. The van der Waals surface area contributed by atoms with Crippen LogP contribution in [0.15, 0.2) is 24.3 Å². The Morgan fingerprint density at radius 3 is 2.36 bits per heavy atom. The molecular weight excluding hydrogens is 437 g/mol. The van der Waals surface area contributed by atoms with E-state index < -0.39 is 12.1 Å². The lowest BCUT2D eigenvalue weighted by atomic mass is 9.77. The number of likely N-dealkylation sites (tertiary alicyclic amines) is 2. The number of carbonyl (C=O) groups excluding carboxylic acids is 1. The topological polar surface area (TPSA) is 70.1 Å². The minimum atomic E-state index is -5.08. The van der Waals surface area contributed by atoms with Crippen molar-refractivity contribution in [3.05, 3.63) is 35.4 Å². The highest BCUT2D eigenvalue weighted by Gasteiger charge is 2.51. The smallest absolute Gasteiger partial charge is 0.475 e. The van der Waals surface area contributed by atoms with Gasteiger partial charge < -0.3 is 19.6 Å². The summed E-state index contributed by atoms with van der Waals surface area (Å²) in [5, 5.41) is 7.12. The van der Waals surface area contributed by atoms with Crippen molar-refractivity contribution in [2.75, 3.05) is 46.4 Å². The Morgan fingerprint density at radius 2 is 1.82 bits per heavy atom. The van der Waals surface area contributed by atoms with E-state index in [0.717, 1.165) is 50.7 Å². The number of halogens is 3. The Hall–Kier alpha value is -2.13. The second-order valence-electron chi connectivity index (χ2n) is 9.68. The van der Waals surface area contributed by atoms with E-state index in [4.69, 9.17) is 14.6 Å². The van der Waals surface area contributed by atoms with E-state index in [1.54, 1.807) is 0 Å². The van der Waals surface area contributed by atoms with Crippen molar-refractivity contribution in [1.82, 2.24) is 9.80 Å². The van der Waals surface area contributed by atoms with Crippen LogP contribution < -0.4 is 0 Å². The first-order valence-electron chi connectivity index (χ1n) is 11.4. The van der Waals surface area contributed by atoms with E-state index in [-0.39, 0.29) is 11.3 Å². The van der Waals surface area contributed by atoms with Crippen LogP contribution in [-0.4, -0.2) is 79.4 Å². The summed E-state index contributed by atoms with van der Waals surface area (Å²) < 4.78 is 37.3. The van der Waals surface area contributed by atoms with Crippen LogP contribution in [0.25, 0.3) is 0 Å². The lowest BCUT2D eigenvalue weighted by Crippen LogP contribution is -2.38. The Labute approximate surface area is 192 Å². The summed E-state index contributed by atoms with van der Waals surface area (Å²) in [6.45, 7) is 8.25. The van der Waals surface area contributed by atoms with Crippen LogP contribution in [-0.2, 0) is 20.7 Å². The van der Waals surface area contributed by atoms with Crippen molar-refractivity contribution in [2.24, 2.45) is 17.3 Å². The van der Waals surface area contributed by atoms with Crippen molar-refractivity contribution in [3.8, 4) is 0 Å². The highest BCUT2D eigenvalue weighted by Crippen LogP contribution is 2.45. The van der Waals surface area contributed by atoms with Crippen LogP contribution in [0, 0.1) is 24.2 Å². The zero-order valence-corrected chi connectivity index (χ0v) is 19.2. The molecule has 1 amide bonds. The maximum atomic E-state index is 12.9. The molecule has 1 N–H and O–H groups in total. The van der Waals surface area contributed by atoms with E-state index in [1.165, 1.54) is 24.9 Å². The molecule has 1 aromatic rings. The van der Waals surface area contributed by atoms with Gasteiger partial charge in [0.25, 0.3) is 0 Å². The van der Waals surface area contributed by atoms with Crippen molar-refractivity contribution >= 4 is 11.9 Å². The van der Waals surface area contributed by atoms with Gasteiger partial charge in [-0.25, -0.2) is 4.79 Å². The Balaban J connectivity index is 0.000000383. The number of aliphatic carboxylic acids is 1. The number of methoxy groups -OCH3 is 1. The van der Waals surface area contributed by atoms with Crippen LogP contribution in [0.2, 0.25) is 0 Å². The normalized spacial score (nSPS) is 25.2. The lowest BCUT2D eigenvalue weighted by molar-refractivity contribution is -0.192. The first-order chi connectivity index (χ1) is 15.5. The first kappa shape index (κ1) is 25.5. The molecule has 1 saturated carbocycles. The molecular formula is C24H33F3N2O4. The van der Waals surface area contributed by atoms with Gasteiger partial charge in [0.15, 0.2) is 0 Å². The van der Waals surface area contributed by atoms with Gasteiger partial charge in [-0.15, -0.1) is 0 Å². The average Bonchev–Trinajstić information content (AvgIpc) is 3.35. The van der Waals surface area contributed by atoms with Crippen LogP contribution in [0.5, 0.6) is 0 Å². The van der Waals surface area contributed by atoms with Gasteiger partial charge in [0.1, 0.15) is 0 Å². The van der Waals surface area contributed by atoms with E-state index >= 15 is 0 Å². The quantitative estimate of drug-likeness (QED) is 0.691. The van der Waals surface area contributed by atoms with E-state index in [0.29, 0.717) is 12.3 Å². The SMILES string of the molecule is COC[C@H]1CN(CC2CC2)C[C@@]12CCN(C(=O)Cc1ccc(C)cc1)C2.O=C(O)C(F)(F)F. The standard InChI is InChI=1S/C22H32N2O2.C2HF3O2/c1-17-3-5-18(6-4-17)11-21(25)24-10-9-22(16-24)15-23(12-19-7-8-19)13-20(22)14-26-2;3-2(4,5)1(6)7/h3-6,19-20H,7-16H2,1-2H3;(H,6,7)/t20-,22-;/m1./s1. The number of carboxylic acid groups (broad SMARTS) is 1. The molecule has 3 fully saturated rings. The van der Waals surface area contributed by atoms with Crippen LogP contribution >= 0.6 is 0 Å². The molecule has 0 radical (unpaired) electrons. The van der Waals surface area contributed by atoms with E-state index in [9.17, 15) is 18.0 Å². The molecule has 0 bridgehead atoms. The summed E-state index contributed by atoms with van der Waals surface area (Å²) in [6, 6.07) is 8.35. The van der Waals surface area contributed by atoms with Crippen molar-refractivity contribution in [1.29, 1.82) is 0 Å². The third-order valence-corrected chi connectivity index (χ3v) is 6.92. The minimum Gasteiger partial charge on any atom is -0.475 e. The summed E-state index contributed by atoms with van der Waals surface area (Å²) in [4.78, 5) is 26.5. The number of carbonyl (C=O) groups is 2. The van der Waals surface area contributed by atoms with E-state index in [2.05, 4.69) is 41.0 Å². The van der Waals surface area contributed by atoms with Gasteiger partial charge in [0.05, 0.1) is 13.0 Å².